The van der Waals surface area contributed by atoms with Gasteiger partial charge < -0.3 is 4.42 Å². The molecule has 2 aromatic heterocycles. The Morgan fingerprint density at radius 3 is 1.43 bits per heavy atom. The maximum absolute atomic E-state index is 6.44. The normalized spacial score (nSPS) is 11.6. The number of furan rings is 1. The summed E-state index contributed by atoms with van der Waals surface area (Å²) >= 11 is 0. The Labute approximate surface area is 327 Å². The van der Waals surface area contributed by atoms with E-state index in [9.17, 15) is 0 Å². The highest BCUT2D eigenvalue weighted by molar-refractivity contribution is 7.19. The zero-order chi connectivity index (χ0) is 37.3. The molecule has 0 saturated carbocycles. The minimum atomic E-state index is -2.70. The van der Waals surface area contributed by atoms with Gasteiger partial charge in [-0.1, -0.05) is 200 Å². The quantitative estimate of drug-likeness (QED) is 0.115. The van der Waals surface area contributed by atoms with Gasteiger partial charge in [0.15, 0.2) is 13.9 Å². The molecule has 4 heteroatoms. The molecule has 0 bridgehead atoms. The third kappa shape index (κ3) is 5.84. The fourth-order valence-corrected chi connectivity index (χ4v) is 13.1. The lowest BCUT2D eigenvalue weighted by atomic mass is 9.99. The lowest BCUT2D eigenvalue weighted by Crippen LogP contribution is -2.74. The number of rotatable bonds is 8. The maximum atomic E-state index is 6.44. The van der Waals surface area contributed by atoms with Crippen molar-refractivity contribution in [3.8, 4) is 44.9 Å². The number of hydrogen-bond acceptors (Lipinski definition) is 3. The molecule has 0 atom stereocenters. The predicted octanol–water partition coefficient (Wildman–Crippen LogP) is 10.4. The van der Waals surface area contributed by atoms with Crippen LogP contribution in [-0.4, -0.2) is 18.0 Å². The minimum Gasteiger partial charge on any atom is -0.438 e. The number of aromatic nitrogens is 2. The van der Waals surface area contributed by atoms with E-state index in [1.807, 2.05) is 24.3 Å². The molecular weight excluding hydrogens is 697 g/mol. The molecule has 10 rings (SSSR count). The molecule has 0 amide bonds. The van der Waals surface area contributed by atoms with Gasteiger partial charge in [-0.25, -0.2) is 4.98 Å². The molecule has 0 N–H and O–H groups in total. The van der Waals surface area contributed by atoms with E-state index in [0.29, 0.717) is 11.5 Å². The maximum Gasteiger partial charge on any atom is 0.231 e. The van der Waals surface area contributed by atoms with Crippen molar-refractivity contribution in [2.75, 3.05) is 0 Å². The largest absolute Gasteiger partial charge is 0.438 e. The highest BCUT2D eigenvalue weighted by Crippen LogP contribution is 2.38. The van der Waals surface area contributed by atoms with Crippen LogP contribution in [0.2, 0.25) is 0 Å². The van der Waals surface area contributed by atoms with E-state index in [1.54, 1.807) is 0 Å². The SMILES string of the molecule is c1ccc(-c2cccc(-c3nc(-c4cccc(-c5cccc([Si](c6ccccc6)(c6ccccc6)c6ccccc6)c5)c4)nc4oc5ccccc5c34)c2)cc1. The van der Waals surface area contributed by atoms with Crippen LogP contribution in [0.5, 0.6) is 0 Å². The standard InChI is InChI=1S/C52H36N2OSi/c1-5-18-37(19-6-1)38-20-15-23-41(34-38)50-49-47-32-13-14-33-48(47)55-52(49)54-51(53-50)42-24-16-21-39(35-42)40-22-17-31-46(36-40)56(43-25-7-2-8-26-43,44-27-9-3-10-28-44)45-29-11-4-12-30-45/h1-36H. The number of benzene rings is 8. The fraction of sp³-hybridized carbons (Fsp3) is 0. The van der Waals surface area contributed by atoms with E-state index < -0.39 is 8.07 Å². The molecule has 0 fully saturated rings. The lowest BCUT2D eigenvalue weighted by molar-refractivity contribution is 0.653. The Balaban J connectivity index is 1.13. The second-order valence-corrected chi connectivity index (χ2v) is 17.9. The fourth-order valence-electron chi connectivity index (χ4n) is 8.27. The van der Waals surface area contributed by atoms with Gasteiger partial charge in [-0.2, -0.15) is 4.98 Å². The van der Waals surface area contributed by atoms with Gasteiger partial charge in [0.05, 0.1) is 11.1 Å². The van der Waals surface area contributed by atoms with E-state index >= 15 is 0 Å². The number of fused-ring (bicyclic) bond motifs is 3. The van der Waals surface area contributed by atoms with Gasteiger partial charge in [-0.15, -0.1) is 0 Å². The number of nitrogens with zero attached hydrogens (tertiary/aromatic N) is 2. The van der Waals surface area contributed by atoms with Gasteiger partial charge in [0.2, 0.25) is 5.71 Å². The minimum absolute atomic E-state index is 0.577. The first-order chi connectivity index (χ1) is 27.8. The zero-order valence-electron chi connectivity index (χ0n) is 30.6. The van der Waals surface area contributed by atoms with Gasteiger partial charge in [-0.05, 0) is 61.2 Å². The number of para-hydroxylation sites is 1. The van der Waals surface area contributed by atoms with E-state index in [0.717, 1.165) is 55.4 Å². The van der Waals surface area contributed by atoms with E-state index in [2.05, 4.69) is 194 Å². The van der Waals surface area contributed by atoms with Crippen LogP contribution in [0.3, 0.4) is 0 Å². The van der Waals surface area contributed by atoms with Crippen LogP contribution in [0.15, 0.2) is 223 Å². The van der Waals surface area contributed by atoms with Crippen molar-refractivity contribution in [2.45, 2.75) is 0 Å². The highest BCUT2D eigenvalue weighted by atomic mass is 28.3. The number of hydrogen-bond donors (Lipinski definition) is 0. The Bertz CT molecular complexity index is 2870. The second-order valence-electron chi connectivity index (χ2n) is 14.1. The van der Waals surface area contributed by atoms with Crippen molar-refractivity contribution >= 4 is 50.9 Å². The average Bonchev–Trinajstić information content (AvgIpc) is 3.67. The summed E-state index contributed by atoms with van der Waals surface area (Å²) < 4.78 is 6.44. The molecule has 8 aromatic carbocycles. The predicted molar refractivity (Wildman–Crippen MR) is 235 cm³/mol. The molecule has 2 heterocycles. The third-order valence-electron chi connectivity index (χ3n) is 10.9. The highest BCUT2D eigenvalue weighted by Gasteiger charge is 2.41. The van der Waals surface area contributed by atoms with Gasteiger partial charge in [0.1, 0.15) is 5.58 Å². The molecule has 0 aliphatic carbocycles. The molecule has 0 spiro atoms. The first-order valence-electron chi connectivity index (χ1n) is 19.0. The molecule has 0 unspecified atom stereocenters. The summed E-state index contributed by atoms with van der Waals surface area (Å²) in [6.45, 7) is 0. The van der Waals surface area contributed by atoms with Crippen LogP contribution in [-0.2, 0) is 0 Å². The van der Waals surface area contributed by atoms with E-state index in [-0.39, 0.29) is 0 Å². The average molecular weight is 733 g/mol. The Kier molecular flexibility index (Phi) is 8.51. The van der Waals surface area contributed by atoms with Crippen LogP contribution >= 0.6 is 0 Å². The van der Waals surface area contributed by atoms with Crippen LogP contribution in [0.4, 0.5) is 0 Å². The molecule has 0 radical (unpaired) electrons. The van der Waals surface area contributed by atoms with Crippen LogP contribution in [0, 0.1) is 0 Å². The summed E-state index contributed by atoms with van der Waals surface area (Å²) in [6, 6.07) is 78.1. The lowest BCUT2D eigenvalue weighted by Gasteiger charge is -2.34. The van der Waals surface area contributed by atoms with Gasteiger partial charge in [0.25, 0.3) is 0 Å². The molecular formula is C52H36N2OSi. The molecule has 10 aromatic rings. The van der Waals surface area contributed by atoms with E-state index in [1.165, 1.54) is 20.7 Å². The van der Waals surface area contributed by atoms with Gasteiger partial charge >= 0.3 is 0 Å². The summed E-state index contributed by atoms with van der Waals surface area (Å²) in [5.74, 6) is 0.622. The van der Waals surface area contributed by atoms with Crippen molar-refractivity contribution < 1.29 is 4.42 Å². The van der Waals surface area contributed by atoms with Crippen molar-refractivity contribution in [2.24, 2.45) is 0 Å². The van der Waals surface area contributed by atoms with Crippen LogP contribution in [0.1, 0.15) is 0 Å². The van der Waals surface area contributed by atoms with Crippen LogP contribution < -0.4 is 20.7 Å². The van der Waals surface area contributed by atoms with Crippen molar-refractivity contribution in [3.63, 3.8) is 0 Å². The monoisotopic (exact) mass is 732 g/mol. The topological polar surface area (TPSA) is 38.9 Å². The second kappa shape index (κ2) is 14.3. The summed E-state index contributed by atoms with van der Waals surface area (Å²) in [5, 5.41) is 7.29. The zero-order valence-corrected chi connectivity index (χ0v) is 31.6. The smallest absolute Gasteiger partial charge is 0.231 e. The van der Waals surface area contributed by atoms with Crippen molar-refractivity contribution in [1.29, 1.82) is 0 Å². The van der Waals surface area contributed by atoms with Crippen molar-refractivity contribution in [3.05, 3.63) is 218 Å². The van der Waals surface area contributed by atoms with Crippen LogP contribution in [0.25, 0.3) is 67.0 Å². The Morgan fingerprint density at radius 1 is 0.339 bits per heavy atom. The third-order valence-corrected chi connectivity index (χ3v) is 15.6. The molecule has 0 saturated heterocycles. The molecule has 0 aliphatic rings. The first kappa shape index (κ1) is 33.4. The van der Waals surface area contributed by atoms with Gasteiger partial charge in [-0.3, -0.25) is 0 Å². The summed E-state index contributed by atoms with van der Waals surface area (Å²) in [4.78, 5) is 10.4. The molecule has 0 aliphatic heterocycles. The Morgan fingerprint density at radius 2 is 0.786 bits per heavy atom. The van der Waals surface area contributed by atoms with E-state index in [4.69, 9.17) is 14.4 Å². The van der Waals surface area contributed by atoms with Crippen molar-refractivity contribution in [1.82, 2.24) is 9.97 Å². The molecule has 264 valence electrons. The first-order valence-corrected chi connectivity index (χ1v) is 21.0. The summed E-state index contributed by atoms with van der Waals surface area (Å²) in [6.07, 6.45) is 0. The molecule has 56 heavy (non-hydrogen) atoms. The molecule has 3 nitrogen and oxygen atoms in total. The summed E-state index contributed by atoms with van der Waals surface area (Å²) in [7, 11) is -2.70. The Hall–Kier alpha value is -7.14. The van der Waals surface area contributed by atoms with Gasteiger partial charge in [0, 0.05) is 16.5 Å². The summed E-state index contributed by atoms with van der Waals surface area (Å²) in [5.41, 5.74) is 8.69.